The normalized spacial score (nSPS) is 11.0. The van der Waals surface area contributed by atoms with E-state index in [1.807, 2.05) is 0 Å². The molecule has 0 aliphatic heterocycles. The molecular weight excluding hydrogens is 278 g/mol. The number of carbonyl (C=O) groups excluding carboxylic acids is 3. The summed E-state index contributed by atoms with van der Waals surface area (Å²) in [6.07, 6.45) is -0.509. The molecule has 122 valence electrons. The Morgan fingerprint density at radius 1 is 1.00 bits per heavy atom. The Morgan fingerprint density at radius 2 is 1.48 bits per heavy atom. The molecule has 0 bridgehead atoms. The lowest BCUT2D eigenvalue weighted by Gasteiger charge is -2.20. The summed E-state index contributed by atoms with van der Waals surface area (Å²) in [6, 6.07) is 0. The molecule has 0 fully saturated rings. The fraction of sp³-hybridized carbons (Fsp3) is 0.786. The van der Waals surface area contributed by atoms with Crippen LogP contribution >= 0.6 is 0 Å². The fourth-order valence-electron chi connectivity index (χ4n) is 1.45. The standard InChI is InChI=1S/C14H25NO6/c1-6-19-11(16)10(12(17)20-7-2)8-9-15-13(18)21-14(3,4)5/h10H,6-9H2,1-5H3,(H,15,18). The van der Waals surface area contributed by atoms with Gasteiger partial charge in [0, 0.05) is 6.54 Å². The van der Waals surface area contributed by atoms with E-state index in [4.69, 9.17) is 14.2 Å². The molecule has 0 radical (unpaired) electrons. The third kappa shape index (κ3) is 8.88. The van der Waals surface area contributed by atoms with Gasteiger partial charge >= 0.3 is 18.0 Å². The number of hydrogen-bond donors (Lipinski definition) is 1. The van der Waals surface area contributed by atoms with Gasteiger partial charge in [0.2, 0.25) is 0 Å². The summed E-state index contributed by atoms with van der Waals surface area (Å²) in [6.45, 7) is 8.99. The van der Waals surface area contributed by atoms with Crippen LogP contribution in [0, 0.1) is 5.92 Å². The largest absolute Gasteiger partial charge is 0.465 e. The first-order chi connectivity index (χ1) is 9.71. The zero-order valence-electron chi connectivity index (χ0n) is 13.4. The van der Waals surface area contributed by atoms with E-state index in [-0.39, 0.29) is 26.2 Å². The zero-order valence-corrected chi connectivity index (χ0v) is 13.4. The first-order valence-electron chi connectivity index (χ1n) is 7.01. The van der Waals surface area contributed by atoms with Crippen molar-refractivity contribution in [3.05, 3.63) is 0 Å². The van der Waals surface area contributed by atoms with Crippen LogP contribution in [0.5, 0.6) is 0 Å². The highest BCUT2D eigenvalue weighted by Crippen LogP contribution is 2.10. The molecule has 7 nitrogen and oxygen atoms in total. The van der Waals surface area contributed by atoms with E-state index in [0.717, 1.165) is 0 Å². The number of rotatable bonds is 7. The molecule has 0 aromatic rings. The fourth-order valence-corrected chi connectivity index (χ4v) is 1.45. The molecule has 1 N–H and O–H groups in total. The maximum Gasteiger partial charge on any atom is 0.407 e. The van der Waals surface area contributed by atoms with Gasteiger partial charge in [-0.05, 0) is 41.0 Å². The van der Waals surface area contributed by atoms with Gasteiger partial charge < -0.3 is 19.5 Å². The molecule has 0 unspecified atom stereocenters. The van der Waals surface area contributed by atoms with Crippen molar-refractivity contribution >= 4 is 18.0 Å². The number of ether oxygens (including phenoxy) is 3. The van der Waals surface area contributed by atoms with Crippen molar-refractivity contribution < 1.29 is 28.6 Å². The Bertz CT molecular complexity index is 343. The second kappa shape index (κ2) is 9.20. The summed E-state index contributed by atoms with van der Waals surface area (Å²) < 4.78 is 14.7. The third-order valence-corrected chi connectivity index (χ3v) is 2.24. The van der Waals surface area contributed by atoms with Crippen LogP contribution in [0.3, 0.4) is 0 Å². The van der Waals surface area contributed by atoms with Crippen LogP contribution in [0.25, 0.3) is 0 Å². The van der Waals surface area contributed by atoms with Crippen molar-refractivity contribution in [2.24, 2.45) is 5.92 Å². The lowest BCUT2D eigenvalue weighted by Crippen LogP contribution is -2.36. The van der Waals surface area contributed by atoms with Crippen molar-refractivity contribution in [3.63, 3.8) is 0 Å². The Hall–Kier alpha value is -1.79. The molecule has 0 atom stereocenters. The first-order valence-corrected chi connectivity index (χ1v) is 7.01. The van der Waals surface area contributed by atoms with Crippen LogP contribution in [0.15, 0.2) is 0 Å². The number of amides is 1. The predicted molar refractivity (Wildman–Crippen MR) is 75.6 cm³/mol. The van der Waals surface area contributed by atoms with E-state index in [1.54, 1.807) is 34.6 Å². The number of hydrogen-bond acceptors (Lipinski definition) is 6. The minimum atomic E-state index is -1.04. The molecule has 0 heterocycles. The maximum atomic E-state index is 11.7. The summed E-state index contributed by atoms with van der Waals surface area (Å²) in [4.78, 5) is 34.9. The SMILES string of the molecule is CCOC(=O)C(CCNC(=O)OC(C)(C)C)C(=O)OCC. The lowest BCUT2D eigenvalue weighted by atomic mass is 10.1. The Morgan fingerprint density at radius 3 is 1.86 bits per heavy atom. The molecule has 0 spiro atoms. The predicted octanol–water partition coefficient (Wildman–Crippen LogP) is 1.64. The molecule has 0 rings (SSSR count). The summed E-state index contributed by atoms with van der Waals surface area (Å²) in [5.41, 5.74) is -0.605. The van der Waals surface area contributed by atoms with Gasteiger partial charge in [0.1, 0.15) is 5.60 Å². The van der Waals surface area contributed by atoms with Crippen molar-refractivity contribution in [1.82, 2.24) is 5.32 Å². The second-order valence-electron chi connectivity index (χ2n) is 5.27. The van der Waals surface area contributed by atoms with Crippen LogP contribution in [0.2, 0.25) is 0 Å². The zero-order chi connectivity index (χ0) is 16.5. The third-order valence-electron chi connectivity index (χ3n) is 2.24. The number of alkyl carbamates (subject to hydrolysis) is 1. The second-order valence-corrected chi connectivity index (χ2v) is 5.27. The molecule has 1 amide bonds. The molecule has 0 aromatic heterocycles. The highest BCUT2D eigenvalue weighted by molar-refractivity contribution is 5.94. The molecule has 0 aliphatic carbocycles. The van der Waals surface area contributed by atoms with Crippen LogP contribution in [0.4, 0.5) is 4.79 Å². The molecule has 7 heteroatoms. The van der Waals surface area contributed by atoms with Crippen molar-refractivity contribution in [2.75, 3.05) is 19.8 Å². The lowest BCUT2D eigenvalue weighted by molar-refractivity contribution is -0.161. The Kier molecular flexibility index (Phi) is 8.42. The number of carbonyl (C=O) groups is 3. The number of esters is 2. The summed E-state index contributed by atoms with van der Waals surface area (Å²) in [5, 5.41) is 2.49. The topological polar surface area (TPSA) is 90.9 Å². The summed E-state index contributed by atoms with van der Waals surface area (Å²) >= 11 is 0. The van der Waals surface area contributed by atoms with E-state index >= 15 is 0 Å². The molecule has 0 aliphatic rings. The molecule has 0 aromatic carbocycles. The molecule has 0 saturated heterocycles. The highest BCUT2D eigenvalue weighted by atomic mass is 16.6. The van der Waals surface area contributed by atoms with Crippen molar-refractivity contribution in [1.29, 1.82) is 0 Å². The quantitative estimate of drug-likeness (QED) is 0.437. The van der Waals surface area contributed by atoms with Gasteiger partial charge in [0.15, 0.2) is 5.92 Å². The van der Waals surface area contributed by atoms with Gasteiger partial charge in [-0.3, -0.25) is 9.59 Å². The van der Waals surface area contributed by atoms with E-state index < -0.39 is 29.6 Å². The maximum absolute atomic E-state index is 11.7. The van der Waals surface area contributed by atoms with Gasteiger partial charge in [-0.2, -0.15) is 0 Å². The van der Waals surface area contributed by atoms with Gasteiger partial charge in [-0.1, -0.05) is 0 Å². The summed E-state index contributed by atoms with van der Waals surface area (Å²) in [7, 11) is 0. The Labute approximate surface area is 125 Å². The highest BCUT2D eigenvalue weighted by Gasteiger charge is 2.29. The summed E-state index contributed by atoms with van der Waals surface area (Å²) in [5.74, 6) is -2.34. The Balaban J connectivity index is 4.39. The van der Waals surface area contributed by atoms with Gasteiger partial charge in [0.05, 0.1) is 13.2 Å². The van der Waals surface area contributed by atoms with Crippen LogP contribution < -0.4 is 5.32 Å². The minimum absolute atomic E-state index is 0.0942. The first kappa shape index (κ1) is 19.2. The molecular formula is C14H25NO6. The van der Waals surface area contributed by atoms with E-state index in [9.17, 15) is 14.4 Å². The van der Waals surface area contributed by atoms with E-state index in [2.05, 4.69) is 5.32 Å². The number of nitrogens with one attached hydrogen (secondary N) is 1. The van der Waals surface area contributed by atoms with Crippen LogP contribution in [-0.2, 0) is 23.8 Å². The van der Waals surface area contributed by atoms with Crippen molar-refractivity contribution in [3.8, 4) is 0 Å². The smallest absolute Gasteiger partial charge is 0.407 e. The van der Waals surface area contributed by atoms with Crippen LogP contribution in [-0.4, -0.2) is 43.4 Å². The van der Waals surface area contributed by atoms with Crippen molar-refractivity contribution in [2.45, 2.75) is 46.6 Å². The average Bonchev–Trinajstić information content (AvgIpc) is 2.32. The minimum Gasteiger partial charge on any atom is -0.465 e. The van der Waals surface area contributed by atoms with Gasteiger partial charge in [0.25, 0.3) is 0 Å². The van der Waals surface area contributed by atoms with E-state index in [0.29, 0.717) is 0 Å². The van der Waals surface area contributed by atoms with Gasteiger partial charge in [-0.25, -0.2) is 4.79 Å². The molecule has 21 heavy (non-hydrogen) atoms. The average molecular weight is 303 g/mol. The van der Waals surface area contributed by atoms with Crippen LogP contribution in [0.1, 0.15) is 41.0 Å². The van der Waals surface area contributed by atoms with E-state index in [1.165, 1.54) is 0 Å². The monoisotopic (exact) mass is 303 g/mol. The van der Waals surface area contributed by atoms with Gasteiger partial charge in [-0.15, -0.1) is 0 Å². The molecule has 0 saturated carbocycles.